The first-order valence-electron chi connectivity index (χ1n) is 6.65. The lowest BCUT2D eigenvalue weighted by Gasteiger charge is -2.22. The van der Waals surface area contributed by atoms with Crippen LogP contribution in [0.25, 0.3) is 0 Å². The zero-order valence-electron chi connectivity index (χ0n) is 11.9. The Labute approximate surface area is 113 Å². The third-order valence-corrected chi connectivity index (χ3v) is 3.77. The van der Waals surface area contributed by atoms with Crippen molar-refractivity contribution in [2.75, 3.05) is 31.5 Å². The summed E-state index contributed by atoms with van der Waals surface area (Å²) in [5.74, 6) is 0.743. The highest BCUT2D eigenvalue weighted by atomic mass is 16.2. The lowest BCUT2D eigenvalue weighted by molar-refractivity contribution is -0.117. The molecule has 1 aliphatic heterocycles. The molecule has 0 radical (unpaired) electrons. The topological polar surface area (TPSA) is 76.2 Å². The quantitative estimate of drug-likeness (QED) is 0.823. The number of aryl methyl sites for hydroxylation is 2. The predicted octanol–water partition coefficient (Wildman–Crippen LogP) is 0.338. The summed E-state index contributed by atoms with van der Waals surface area (Å²) in [7, 11) is 1.82. The fraction of sp³-hybridized carbons (Fsp3) is 0.692. The standard InChI is InChI=1S/C13H23N5O/c1-10-6-11(17(3)16-10)15-12(19)7-18-5-4-13(2,8-14)9-18/h6H,4-5,7-9,14H2,1-3H3,(H,15,19). The van der Waals surface area contributed by atoms with Gasteiger partial charge in [0, 0.05) is 19.7 Å². The number of carbonyl (C=O) groups is 1. The van der Waals surface area contributed by atoms with Gasteiger partial charge < -0.3 is 11.1 Å². The molecule has 1 aromatic heterocycles. The number of nitrogens with zero attached hydrogens (tertiary/aromatic N) is 3. The zero-order valence-corrected chi connectivity index (χ0v) is 11.9. The smallest absolute Gasteiger partial charge is 0.239 e. The van der Waals surface area contributed by atoms with E-state index in [4.69, 9.17) is 5.73 Å². The van der Waals surface area contributed by atoms with Gasteiger partial charge in [-0.15, -0.1) is 0 Å². The van der Waals surface area contributed by atoms with Crippen LogP contribution in [-0.4, -0.2) is 46.8 Å². The lowest BCUT2D eigenvalue weighted by Crippen LogP contribution is -2.35. The SMILES string of the molecule is Cc1cc(NC(=O)CN2CCC(C)(CN)C2)n(C)n1. The molecule has 1 atom stereocenters. The maximum atomic E-state index is 12.0. The molecule has 1 amide bonds. The molecule has 0 bridgehead atoms. The second kappa shape index (κ2) is 5.30. The van der Waals surface area contributed by atoms with Crippen molar-refractivity contribution in [1.29, 1.82) is 0 Å². The number of hydrogen-bond acceptors (Lipinski definition) is 4. The summed E-state index contributed by atoms with van der Waals surface area (Å²) in [6, 6.07) is 1.87. The third kappa shape index (κ3) is 3.33. The van der Waals surface area contributed by atoms with Gasteiger partial charge >= 0.3 is 0 Å². The number of likely N-dealkylation sites (tertiary alicyclic amines) is 1. The van der Waals surface area contributed by atoms with Gasteiger partial charge in [-0.1, -0.05) is 6.92 Å². The molecule has 1 unspecified atom stereocenters. The molecule has 19 heavy (non-hydrogen) atoms. The van der Waals surface area contributed by atoms with Crippen LogP contribution >= 0.6 is 0 Å². The molecule has 2 rings (SSSR count). The first kappa shape index (κ1) is 14.0. The van der Waals surface area contributed by atoms with E-state index < -0.39 is 0 Å². The number of nitrogens with one attached hydrogen (secondary N) is 1. The van der Waals surface area contributed by atoms with E-state index in [2.05, 4.69) is 22.2 Å². The molecule has 1 fully saturated rings. The van der Waals surface area contributed by atoms with Crippen LogP contribution in [-0.2, 0) is 11.8 Å². The highest BCUT2D eigenvalue weighted by molar-refractivity contribution is 5.91. The molecule has 3 N–H and O–H groups in total. The van der Waals surface area contributed by atoms with Crippen LogP contribution in [0.15, 0.2) is 6.07 Å². The Kier molecular flexibility index (Phi) is 3.91. The monoisotopic (exact) mass is 265 g/mol. The number of amides is 1. The molecule has 6 nitrogen and oxygen atoms in total. The van der Waals surface area contributed by atoms with E-state index in [1.54, 1.807) is 4.68 Å². The number of anilines is 1. The molecule has 0 spiro atoms. The second-order valence-corrected chi connectivity index (χ2v) is 5.82. The normalized spacial score (nSPS) is 23.8. The van der Waals surface area contributed by atoms with Gasteiger partial charge in [-0.2, -0.15) is 5.10 Å². The first-order chi connectivity index (χ1) is 8.92. The number of rotatable bonds is 4. The maximum Gasteiger partial charge on any atom is 0.239 e. The molecule has 106 valence electrons. The van der Waals surface area contributed by atoms with E-state index in [0.29, 0.717) is 13.1 Å². The van der Waals surface area contributed by atoms with Gasteiger partial charge in [0.15, 0.2) is 0 Å². The van der Waals surface area contributed by atoms with Crippen molar-refractivity contribution in [2.24, 2.45) is 18.2 Å². The minimum atomic E-state index is 0.00396. The van der Waals surface area contributed by atoms with Crippen LogP contribution in [0.3, 0.4) is 0 Å². The number of aromatic nitrogens is 2. The lowest BCUT2D eigenvalue weighted by atomic mass is 9.90. The van der Waals surface area contributed by atoms with Crippen molar-refractivity contribution in [3.8, 4) is 0 Å². The van der Waals surface area contributed by atoms with Crippen LogP contribution < -0.4 is 11.1 Å². The summed E-state index contributed by atoms with van der Waals surface area (Å²) in [6.07, 6.45) is 1.06. The molecule has 1 saturated heterocycles. The van der Waals surface area contributed by atoms with E-state index in [9.17, 15) is 4.79 Å². The molecule has 0 saturated carbocycles. The van der Waals surface area contributed by atoms with Crippen LogP contribution in [0.5, 0.6) is 0 Å². The number of hydrogen-bond donors (Lipinski definition) is 2. The first-order valence-corrected chi connectivity index (χ1v) is 6.65. The maximum absolute atomic E-state index is 12.0. The third-order valence-electron chi connectivity index (χ3n) is 3.77. The summed E-state index contributed by atoms with van der Waals surface area (Å²) >= 11 is 0. The summed E-state index contributed by atoms with van der Waals surface area (Å²) < 4.78 is 1.68. The van der Waals surface area contributed by atoms with Gasteiger partial charge in [0.05, 0.1) is 12.2 Å². The Morgan fingerprint density at radius 1 is 1.63 bits per heavy atom. The van der Waals surface area contributed by atoms with Gasteiger partial charge in [-0.05, 0) is 31.8 Å². The summed E-state index contributed by atoms with van der Waals surface area (Å²) in [6.45, 7) is 7.00. The summed E-state index contributed by atoms with van der Waals surface area (Å²) in [4.78, 5) is 14.2. The Balaban J connectivity index is 1.87. The highest BCUT2D eigenvalue weighted by Gasteiger charge is 2.33. The van der Waals surface area contributed by atoms with Crippen LogP contribution in [0.2, 0.25) is 0 Å². The average molecular weight is 265 g/mol. The van der Waals surface area contributed by atoms with Crippen molar-refractivity contribution in [3.05, 3.63) is 11.8 Å². The van der Waals surface area contributed by atoms with Crippen LogP contribution in [0.4, 0.5) is 5.82 Å². The zero-order chi connectivity index (χ0) is 14.0. The molecule has 0 aliphatic carbocycles. The minimum Gasteiger partial charge on any atom is -0.330 e. The molecule has 1 aliphatic rings. The van der Waals surface area contributed by atoms with Crippen LogP contribution in [0.1, 0.15) is 19.0 Å². The average Bonchev–Trinajstić information content (AvgIpc) is 2.84. The van der Waals surface area contributed by atoms with Gasteiger partial charge in [0.2, 0.25) is 5.91 Å². The van der Waals surface area contributed by atoms with Gasteiger partial charge in [0.25, 0.3) is 0 Å². The second-order valence-electron chi connectivity index (χ2n) is 5.82. The van der Waals surface area contributed by atoms with Crippen molar-refractivity contribution >= 4 is 11.7 Å². The van der Waals surface area contributed by atoms with Crippen molar-refractivity contribution < 1.29 is 4.79 Å². The molecule has 0 aromatic carbocycles. The number of carbonyl (C=O) groups excluding carboxylic acids is 1. The van der Waals surface area contributed by atoms with Gasteiger partial charge in [-0.3, -0.25) is 14.4 Å². The van der Waals surface area contributed by atoms with E-state index in [1.165, 1.54) is 0 Å². The highest BCUT2D eigenvalue weighted by Crippen LogP contribution is 2.28. The Morgan fingerprint density at radius 2 is 2.37 bits per heavy atom. The molecule has 2 heterocycles. The van der Waals surface area contributed by atoms with E-state index >= 15 is 0 Å². The fourth-order valence-electron chi connectivity index (χ4n) is 2.54. The van der Waals surface area contributed by atoms with Gasteiger partial charge in [0.1, 0.15) is 5.82 Å². The van der Waals surface area contributed by atoms with Crippen molar-refractivity contribution in [3.63, 3.8) is 0 Å². The van der Waals surface area contributed by atoms with E-state index in [1.807, 2.05) is 20.0 Å². The summed E-state index contributed by atoms with van der Waals surface area (Å²) in [5, 5.41) is 7.10. The fourth-order valence-corrected chi connectivity index (χ4v) is 2.54. The summed E-state index contributed by atoms with van der Waals surface area (Å²) in [5.41, 5.74) is 6.82. The minimum absolute atomic E-state index is 0.00396. The molecular formula is C13H23N5O. The Morgan fingerprint density at radius 3 is 2.89 bits per heavy atom. The van der Waals surface area contributed by atoms with E-state index in [-0.39, 0.29) is 11.3 Å². The molecular weight excluding hydrogens is 242 g/mol. The molecule has 6 heteroatoms. The van der Waals surface area contributed by atoms with Gasteiger partial charge in [-0.25, -0.2) is 0 Å². The largest absolute Gasteiger partial charge is 0.330 e. The molecule has 1 aromatic rings. The van der Waals surface area contributed by atoms with Crippen LogP contribution in [0, 0.1) is 12.3 Å². The van der Waals surface area contributed by atoms with E-state index in [0.717, 1.165) is 31.0 Å². The Bertz CT molecular complexity index is 470. The predicted molar refractivity (Wildman–Crippen MR) is 74.8 cm³/mol. The van der Waals surface area contributed by atoms with Crippen molar-refractivity contribution in [1.82, 2.24) is 14.7 Å². The number of nitrogens with two attached hydrogens (primary N) is 1. The Hall–Kier alpha value is -1.40. The van der Waals surface area contributed by atoms with Crippen molar-refractivity contribution in [2.45, 2.75) is 20.3 Å².